The van der Waals surface area contributed by atoms with Gasteiger partial charge in [-0.25, -0.2) is 0 Å². The second-order valence-electron chi connectivity index (χ2n) is 6.65. The summed E-state index contributed by atoms with van der Waals surface area (Å²) in [5.74, 6) is -1.29. The van der Waals surface area contributed by atoms with Crippen LogP contribution in [0.2, 0.25) is 0 Å². The Morgan fingerprint density at radius 2 is 1.96 bits per heavy atom. The quantitative estimate of drug-likeness (QED) is 0.759. The molecule has 0 radical (unpaired) electrons. The van der Waals surface area contributed by atoms with Crippen molar-refractivity contribution >= 4 is 22.6 Å². The van der Waals surface area contributed by atoms with Crippen LogP contribution in [-0.2, 0) is 16.0 Å². The molecule has 4 heteroatoms. The van der Waals surface area contributed by atoms with Gasteiger partial charge in [-0.05, 0) is 41.5 Å². The molecular formula is C21H23NO3. The van der Waals surface area contributed by atoms with Gasteiger partial charge in [-0.15, -0.1) is 0 Å². The van der Waals surface area contributed by atoms with Crippen LogP contribution in [0.15, 0.2) is 54.6 Å². The van der Waals surface area contributed by atoms with Crippen LogP contribution in [0.5, 0.6) is 0 Å². The number of aliphatic carboxylic acids is 1. The van der Waals surface area contributed by atoms with Crippen molar-refractivity contribution in [2.24, 2.45) is 11.8 Å². The summed E-state index contributed by atoms with van der Waals surface area (Å²) >= 11 is 0. The average Bonchev–Trinajstić information content (AvgIpc) is 3.11. The minimum atomic E-state index is -0.881. The molecule has 2 unspecified atom stereocenters. The number of hydrogen-bond acceptors (Lipinski definition) is 2. The number of hydrogen-bond donors (Lipinski definition) is 2. The highest BCUT2D eigenvalue weighted by molar-refractivity contribution is 5.86. The van der Waals surface area contributed by atoms with Crippen LogP contribution in [0.1, 0.15) is 24.8 Å². The topological polar surface area (TPSA) is 66.4 Å². The first kappa shape index (κ1) is 17.2. The van der Waals surface area contributed by atoms with E-state index in [2.05, 4.69) is 17.5 Å². The van der Waals surface area contributed by atoms with E-state index in [-0.39, 0.29) is 12.5 Å². The molecule has 0 saturated heterocycles. The van der Waals surface area contributed by atoms with Gasteiger partial charge in [0.1, 0.15) is 0 Å². The maximum Gasteiger partial charge on any atom is 0.308 e. The minimum Gasteiger partial charge on any atom is -0.481 e. The van der Waals surface area contributed by atoms with Gasteiger partial charge in [0, 0.05) is 13.0 Å². The van der Waals surface area contributed by atoms with Gasteiger partial charge in [-0.1, -0.05) is 54.6 Å². The van der Waals surface area contributed by atoms with Gasteiger partial charge in [0.05, 0.1) is 5.92 Å². The van der Waals surface area contributed by atoms with Crippen LogP contribution in [0.25, 0.3) is 10.8 Å². The summed E-state index contributed by atoms with van der Waals surface area (Å²) in [6.45, 7) is 0.161. The van der Waals surface area contributed by atoms with E-state index in [0.29, 0.717) is 18.8 Å². The first-order chi connectivity index (χ1) is 12.1. The van der Waals surface area contributed by atoms with Crippen LogP contribution in [0, 0.1) is 11.8 Å². The van der Waals surface area contributed by atoms with Gasteiger partial charge in [-0.2, -0.15) is 0 Å². The molecule has 0 bridgehead atoms. The number of nitrogens with one attached hydrogen (secondary N) is 1. The van der Waals surface area contributed by atoms with E-state index in [0.717, 1.165) is 29.2 Å². The zero-order chi connectivity index (χ0) is 17.6. The molecule has 0 saturated carbocycles. The molecule has 2 aromatic carbocycles. The summed E-state index contributed by atoms with van der Waals surface area (Å²) < 4.78 is 0. The van der Waals surface area contributed by atoms with E-state index >= 15 is 0 Å². The highest BCUT2D eigenvalue weighted by Gasteiger charge is 2.21. The lowest BCUT2D eigenvalue weighted by Gasteiger charge is -2.16. The molecular weight excluding hydrogens is 314 g/mol. The molecule has 2 atom stereocenters. The maximum atomic E-state index is 12.1. The van der Waals surface area contributed by atoms with E-state index in [9.17, 15) is 14.7 Å². The number of fused-ring (bicyclic) bond motifs is 1. The molecule has 0 heterocycles. The van der Waals surface area contributed by atoms with E-state index in [1.807, 2.05) is 42.5 Å². The Morgan fingerprint density at radius 1 is 1.16 bits per heavy atom. The highest BCUT2D eigenvalue weighted by Crippen LogP contribution is 2.22. The predicted molar refractivity (Wildman–Crippen MR) is 98.3 cm³/mol. The van der Waals surface area contributed by atoms with Crippen molar-refractivity contribution in [3.8, 4) is 0 Å². The van der Waals surface area contributed by atoms with E-state index in [4.69, 9.17) is 0 Å². The molecule has 130 valence electrons. The lowest BCUT2D eigenvalue weighted by molar-refractivity contribution is -0.141. The Balaban J connectivity index is 1.63. The minimum absolute atomic E-state index is 0.0688. The Hall–Kier alpha value is -2.62. The summed E-state index contributed by atoms with van der Waals surface area (Å²) in [5.41, 5.74) is 0.999. The third kappa shape index (κ3) is 4.47. The number of carbonyl (C=O) groups is 2. The fraction of sp³-hybridized carbons (Fsp3) is 0.333. The molecule has 1 aliphatic rings. The number of carboxylic acid groups (broad SMARTS) is 1. The number of carbonyl (C=O) groups excluding carboxylic acids is 1. The molecule has 2 N–H and O–H groups in total. The second kappa shape index (κ2) is 7.97. The monoisotopic (exact) mass is 337 g/mol. The highest BCUT2D eigenvalue weighted by atomic mass is 16.4. The fourth-order valence-electron chi connectivity index (χ4n) is 3.40. The van der Waals surface area contributed by atoms with E-state index in [1.54, 1.807) is 0 Å². The molecule has 3 rings (SSSR count). The molecule has 1 amide bonds. The van der Waals surface area contributed by atoms with Crippen molar-refractivity contribution in [1.29, 1.82) is 0 Å². The smallest absolute Gasteiger partial charge is 0.308 e. The standard InChI is InChI=1S/C21H23NO3/c23-20(12-15-6-1-2-7-15)22-14-18(21(24)25)13-17-10-5-9-16-8-3-4-11-19(16)17/h1,3-6,8-11,15,18H,2,7,12-14H2,(H,22,23)(H,24,25). The van der Waals surface area contributed by atoms with Gasteiger partial charge >= 0.3 is 5.97 Å². The van der Waals surface area contributed by atoms with E-state index in [1.165, 1.54) is 0 Å². The number of carboxylic acids is 1. The molecule has 2 aromatic rings. The largest absolute Gasteiger partial charge is 0.481 e. The normalized spacial score (nSPS) is 17.5. The zero-order valence-electron chi connectivity index (χ0n) is 14.2. The van der Waals surface area contributed by atoms with Crippen molar-refractivity contribution in [3.05, 3.63) is 60.2 Å². The lowest BCUT2D eigenvalue weighted by atomic mass is 9.94. The van der Waals surface area contributed by atoms with Crippen LogP contribution < -0.4 is 5.32 Å². The predicted octanol–water partition coefficient (Wildman–Crippen LogP) is 3.56. The Bertz CT molecular complexity index is 791. The van der Waals surface area contributed by atoms with Crippen LogP contribution in [-0.4, -0.2) is 23.5 Å². The second-order valence-corrected chi connectivity index (χ2v) is 6.65. The van der Waals surface area contributed by atoms with Crippen molar-refractivity contribution in [3.63, 3.8) is 0 Å². The Morgan fingerprint density at radius 3 is 2.72 bits per heavy atom. The first-order valence-corrected chi connectivity index (χ1v) is 8.76. The number of rotatable bonds is 7. The molecule has 0 aliphatic heterocycles. The van der Waals surface area contributed by atoms with Crippen LogP contribution >= 0.6 is 0 Å². The Kier molecular flexibility index (Phi) is 5.49. The molecule has 1 aliphatic carbocycles. The number of amides is 1. The van der Waals surface area contributed by atoms with Gasteiger partial charge in [0.25, 0.3) is 0 Å². The third-order valence-electron chi connectivity index (χ3n) is 4.80. The van der Waals surface area contributed by atoms with Gasteiger partial charge in [0.15, 0.2) is 0 Å². The summed E-state index contributed by atoms with van der Waals surface area (Å²) in [6.07, 6.45) is 7.04. The molecule has 25 heavy (non-hydrogen) atoms. The lowest BCUT2D eigenvalue weighted by Crippen LogP contribution is -2.34. The van der Waals surface area contributed by atoms with Crippen molar-refractivity contribution in [2.75, 3.05) is 6.54 Å². The summed E-state index contributed by atoms with van der Waals surface area (Å²) in [7, 11) is 0. The van der Waals surface area contributed by atoms with E-state index < -0.39 is 11.9 Å². The maximum absolute atomic E-state index is 12.1. The molecule has 0 spiro atoms. The van der Waals surface area contributed by atoms with Crippen molar-refractivity contribution in [2.45, 2.75) is 25.7 Å². The molecule has 0 aromatic heterocycles. The fourth-order valence-corrected chi connectivity index (χ4v) is 3.40. The third-order valence-corrected chi connectivity index (χ3v) is 4.80. The van der Waals surface area contributed by atoms with Crippen molar-refractivity contribution < 1.29 is 14.7 Å². The summed E-state index contributed by atoms with van der Waals surface area (Å²) in [4.78, 5) is 23.7. The average molecular weight is 337 g/mol. The van der Waals surface area contributed by atoms with Crippen molar-refractivity contribution in [1.82, 2.24) is 5.32 Å². The number of allylic oxidation sites excluding steroid dienone is 2. The van der Waals surface area contributed by atoms with Crippen LogP contribution in [0.4, 0.5) is 0 Å². The first-order valence-electron chi connectivity index (χ1n) is 8.76. The van der Waals surface area contributed by atoms with Gasteiger partial charge < -0.3 is 10.4 Å². The SMILES string of the molecule is O=C(CC1C=CCC1)NCC(Cc1cccc2ccccc12)C(=O)O. The number of benzene rings is 2. The zero-order valence-corrected chi connectivity index (χ0v) is 14.2. The summed E-state index contributed by atoms with van der Waals surface area (Å²) in [6, 6.07) is 13.9. The van der Waals surface area contributed by atoms with Gasteiger partial charge in [-0.3, -0.25) is 9.59 Å². The molecule has 4 nitrogen and oxygen atoms in total. The van der Waals surface area contributed by atoms with Crippen LogP contribution in [0.3, 0.4) is 0 Å². The Labute approximate surface area is 147 Å². The van der Waals surface area contributed by atoms with Gasteiger partial charge in [0.2, 0.25) is 5.91 Å². The molecule has 0 fully saturated rings. The summed E-state index contributed by atoms with van der Waals surface area (Å²) in [5, 5.41) is 14.5.